The van der Waals surface area contributed by atoms with Crippen molar-refractivity contribution in [2.75, 3.05) is 0 Å². The summed E-state index contributed by atoms with van der Waals surface area (Å²) in [4.78, 5) is 3.32. The molecule has 1 aliphatic carbocycles. The van der Waals surface area contributed by atoms with Gasteiger partial charge < -0.3 is 4.98 Å². The number of fused-ring (bicyclic) bond motifs is 3. The maximum Gasteiger partial charge on any atom is 0.0195 e. The van der Waals surface area contributed by atoms with Crippen LogP contribution < -0.4 is 0 Å². The number of aromatic nitrogens is 1. The number of aryl methyl sites for hydroxylation is 3. The first-order valence-electron chi connectivity index (χ1n) is 5.64. The monoisotopic (exact) mass is 209 g/mol. The first-order chi connectivity index (χ1) is 7.66. The first-order valence-corrected chi connectivity index (χ1v) is 5.64. The zero-order chi connectivity index (χ0) is 11.3. The molecular weight excluding hydrogens is 194 g/mol. The van der Waals surface area contributed by atoms with E-state index in [9.17, 15) is 0 Å². The van der Waals surface area contributed by atoms with Gasteiger partial charge in [0, 0.05) is 17.5 Å². The largest absolute Gasteiger partial charge is 0.364 e. The van der Waals surface area contributed by atoms with E-state index in [1.807, 2.05) is 0 Å². The Morgan fingerprint density at radius 1 is 1.00 bits per heavy atom. The second-order valence-corrected chi connectivity index (χ2v) is 4.62. The van der Waals surface area contributed by atoms with E-state index in [4.69, 9.17) is 0 Å². The van der Waals surface area contributed by atoms with E-state index in [-0.39, 0.29) is 0 Å². The van der Waals surface area contributed by atoms with Gasteiger partial charge in [-0.05, 0) is 48.7 Å². The molecule has 0 fully saturated rings. The number of pyridine rings is 1. The number of rotatable bonds is 0. The molecule has 0 bridgehead atoms. The Kier molecular flexibility index (Phi) is 1.84. The van der Waals surface area contributed by atoms with Crippen LogP contribution in [0.4, 0.5) is 0 Å². The van der Waals surface area contributed by atoms with Crippen molar-refractivity contribution in [1.29, 1.82) is 0 Å². The van der Waals surface area contributed by atoms with E-state index in [0.29, 0.717) is 0 Å². The highest BCUT2D eigenvalue weighted by atomic mass is 14.7. The first kappa shape index (κ1) is 9.46. The summed E-state index contributed by atoms with van der Waals surface area (Å²) in [6.45, 7) is 6.45. The van der Waals surface area contributed by atoms with Crippen molar-refractivity contribution in [3.8, 4) is 11.1 Å². The number of hydrogen-bond acceptors (Lipinski definition) is 0. The molecule has 0 radical (unpaired) electrons. The van der Waals surface area contributed by atoms with E-state index in [1.54, 1.807) is 0 Å². The fraction of sp³-hybridized carbons (Fsp3) is 0.200. The van der Waals surface area contributed by atoms with E-state index >= 15 is 0 Å². The van der Waals surface area contributed by atoms with Crippen molar-refractivity contribution < 1.29 is 0 Å². The quantitative estimate of drug-likeness (QED) is 0.571. The number of H-pyrrole nitrogens is 1. The number of aromatic amines is 1. The molecule has 1 heterocycles. The summed E-state index contributed by atoms with van der Waals surface area (Å²) in [5.41, 5.74) is 6.64. The Bertz CT molecular complexity index is 646. The van der Waals surface area contributed by atoms with E-state index in [0.717, 1.165) is 0 Å². The highest BCUT2D eigenvalue weighted by Gasteiger charge is 2.14. The molecule has 2 aliphatic rings. The molecule has 80 valence electrons. The van der Waals surface area contributed by atoms with Crippen LogP contribution in [-0.2, 0) is 0 Å². The summed E-state index contributed by atoms with van der Waals surface area (Å²) in [7, 11) is 0. The fourth-order valence-electron chi connectivity index (χ4n) is 2.47. The molecule has 0 spiro atoms. The molecule has 1 aromatic carbocycles. The topological polar surface area (TPSA) is 15.8 Å². The van der Waals surface area contributed by atoms with Gasteiger partial charge in [-0.25, -0.2) is 0 Å². The second-order valence-electron chi connectivity index (χ2n) is 4.62. The molecular formula is C15H15N. The summed E-state index contributed by atoms with van der Waals surface area (Å²) in [6.07, 6.45) is 2.10. The average Bonchev–Trinajstić information content (AvgIpc) is 2.63. The molecule has 0 amide bonds. The summed E-state index contributed by atoms with van der Waals surface area (Å²) in [6, 6.07) is 8.95. The lowest BCUT2D eigenvalue weighted by Crippen LogP contribution is -1.89. The normalized spacial score (nSPS) is 11.4. The third kappa shape index (κ3) is 1.18. The Morgan fingerprint density at radius 3 is 2.62 bits per heavy atom. The summed E-state index contributed by atoms with van der Waals surface area (Å²) in [5.74, 6) is 0. The highest BCUT2D eigenvalue weighted by molar-refractivity contribution is 6.04. The molecule has 1 aromatic rings. The molecule has 1 N–H and O–H groups in total. The smallest absolute Gasteiger partial charge is 0.0195 e. The SMILES string of the molecule is Cc1ccc2cc3c(C)[nH]cc(C)c-3c2c1. The van der Waals surface area contributed by atoms with Gasteiger partial charge in [0.25, 0.3) is 0 Å². The van der Waals surface area contributed by atoms with Gasteiger partial charge in [-0.15, -0.1) is 0 Å². The lowest BCUT2D eigenvalue weighted by Gasteiger charge is -2.08. The third-order valence-electron chi connectivity index (χ3n) is 3.35. The van der Waals surface area contributed by atoms with Gasteiger partial charge in [0.05, 0.1) is 0 Å². The van der Waals surface area contributed by atoms with E-state index in [2.05, 4.69) is 56.2 Å². The standard InChI is InChI=1S/C15H15N/c1-9-4-5-12-7-13-11(3)16-8-10(2)15(13)14(12)6-9/h4-8,16H,1-3H3. The van der Waals surface area contributed by atoms with Gasteiger partial charge in [0.2, 0.25) is 0 Å². The Morgan fingerprint density at radius 2 is 1.81 bits per heavy atom. The van der Waals surface area contributed by atoms with Gasteiger partial charge in [-0.3, -0.25) is 0 Å². The van der Waals surface area contributed by atoms with Crippen LogP contribution in [0.15, 0.2) is 30.5 Å². The van der Waals surface area contributed by atoms with Crippen LogP contribution in [-0.4, -0.2) is 4.98 Å². The minimum absolute atomic E-state index is 1.24. The highest BCUT2D eigenvalue weighted by Crippen LogP contribution is 2.38. The van der Waals surface area contributed by atoms with Crippen LogP contribution in [0.5, 0.6) is 0 Å². The molecule has 0 aromatic heterocycles. The predicted octanol–water partition coefficient (Wildman–Crippen LogP) is 4.20. The Balaban J connectivity index is 2.54. The predicted molar refractivity (Wildman–Crippen MR) is 69.1 cm³/mol. The number of benzene rings is 1. The Labute approximate surface area is 95.5 Å². The van der Waals surface area contributed by atoms with Crippen molar-refractivity contribution in [1.82, 2.24) is 4.98 Å². The minimum atomic E-state index is 1.24. The molecule has 0 atom stereocenters. The van der Waals surface area contributed by atoms with Crippen molar-refractivity contribution >= 4 is 10.8 Å². The zero-order valence-electron chi connectivity index (χ0n) is 9.89. The lowest BCUT2D eigenvalue weighted by atomic mass is 10.0. The van der Waals surface area contributed by atoms with Gasteiger partial charge >= 0.3 is 0 Å². The van der Waals surface area contributed by atoms with Crippen molar-refractivity contribution in [2.24, 2.45) is 0 Å². The zero-order valence-corrected chi connectivity index (χ0v) is 9.89. The van der Waals surface area contributed by atoms with Crippen molar-refractivity contribution in [2.45, 2.75) is 20.8 Å². The van der Waals surface area contributed by atoms with Crippen LogP contribution in [0, 0.1) is 20.8 Å². The molecule has 0 unspecified atom stereocenters. The van der Waals surface area contributed by atoms with E-state index in [1.165, 1.54) is 38.7 Å². The molecule has 3 rings (SSSR count). The van der Waals surface area contributed by atoms with Crippen LogP contribution in [0.1, 0.15) is 16.8 Å². The lowest BCUT2D eigenvalue weighted by molar-refractivity contribution is 1.18. The van der Waals surface area contributed by atoms with Gasteiger partial charge in [0.15, 0.2) is 0 Å². The average molecular weight is 209 g/mol. The minimum Gasteiger partial charge on any atom is -0.364 e. The third-order valence-corrected chi connectivity index (χ3v) is 3.35. The maximum absolute atomic E-state index is 3.32. The van der Waals surface area contributed by atoms with Crippen LogP contribution >= 0.6 is 0 Å². The fourth-order valence-corrected chi connectivity index (χ4v) is 2.47. The molecule has 1 heteroatoms. The molecule has 1 aliphatic heterocycles. The maximum atomic E-state index is 3.32. The molecule has 0 saturated heterocycles. The van der Waals surface area contributed by atoms with Crippen LogP contribution in [0.3, 0.4) is 0 Å². The van der Waals surface area contributed by atoms with Crippen molar-refractivity contribution in [3.05, 3.63) is 47.3 Å². The molecule has 1 nitrogen and oxygen atoms in total. The Hall–Kier alpha value is -1.76. The summed E-state index contributed by atoms with van der Waals surface area (Å²) >= 11 is 0. The second kappa shape index (κ2) is 3.11. The molecule has 16 heavy (non-hydrogen) atoms. The van der Waals surface area contributed by atoms with E-state index < -0.39 is 0 Å². The van der Waals surface area contributed by atoms with Crippen LogP contribution in [0.25, 0.3) is 21.9 Å². The number of hydrogen-bond donors (Lipinski definition) is 1. The molecule has 0 saturated carbocycles. The summed E-state index contributed by atoms with van der Waals surface area (Å²) in [5, 5.41) is 2.72. The van der Waals surface area contributed by atoms with Gasteiger partial charge in [-0.2, -0.15) is 0 Å². The summed E-state index contributed by atoms with van der Waals surface area (Å²) < 4.78 is 0. The number of nitrogens with one attached hydrogen (secondary N) is 1. The van der Waals surface area contributed by atoms with Crippen molar-refractivity contribution in [3.63, 3.8) is 0 Å². The van der Waals surface area contributed by atoms with Gasteiger partial charge in [0.1, 0.15) is 0 Å². The van der Waals surface area contributed by atoms with Gasteiger partial charge in [-0.1, -0.05) is 23.8 Å². The van der Waals surface area contributed by atoms with Crippen LogP contribution in [0.2, 0.25) is 0 Å².